The van der Waals surface area contributed by atoms with Gasteiger partial charge in [-0.3, -0.25) is 4.55 Å². The van der Waals surface area contributed by atoms with Gasteiger partial charge in [-0.25, -0.2) is 16.9 Å². The molecule has 0 amide bonds. The van der Waals surface area contributed by atoms with Crippen molar-refractivity contribution in [2.45, 2.75) is 18.0 Å². The Morgan fingerprint density at radius 3 is 2.54 bits per heavy atom. The molecule has 0 radical (unpaired) electrons. The van der Waals surface area contributed by atoms with Gasteiger partial charge in [0.2, 0.25) is 0 Å². The molecule has 7 nitrogen and oxygen atoms in total. The zero-order chi connectivity index (χ0) is 18.9. The lowest BCUT2D eigenvalue weighted by atomic mass is 10.2. The van der Waals surface area contributed by atoms with Gasteiger partial charge in [0, 0.05) is 17.1 Å². The van der Waals surface area contributed by atoms with Crippen molar-refractivity contribution >= 4 is 49.6 Å². The van der Waals surface area contributed by atoms with E-state index in [1.807, 2.05) is 0 Å². The van der Waals surface area contributed by atoms with Crippen LogP contribution in [0.4, 0.5) is 5.69 Å². The lowest BCUT2D eigenvalue weighted by molar-refractivity contribution is 0.233. The second-order valence-electron chi connectivity index (χ2n) is 5.36. The summed E-state index contributed by atoms with van der Waals surface area (Å²) in [4.78, 5) is 2.97. The monoisotopic (exact) mass is 414 g/mol. The van der Waals surface area contributed by atoms with E-state index in [4.69, 9.17) is 20.3 Å². The number of hydrogen-bond acceptors (Lipinski definition) is 4. The van der Waals surface area contributed by atoms with Gasteiger partial charge < -0.3 is 4.98 Å². The predicted octanol–water partition coefficient (Wildman–Crippen LogP) is 3.52. The molecule has 2 N–H and O–H groups in total. The number of halogens is 1. The Hall–Kier alpha value is -1.91. The third-order valence-corrected chi connectivity index (χ3v) is 6.35. The van der Waals surface area contributed by atoms with E-state index in [2.05, 4.69) is 4.98 Å². The number of rotatable bonds is 6. The predicted molar refractivity (Wildman–Crippen MR) is 101 cm³/mol. The highest BCUT2D eigenvalue weighted by Crippen LogP contribution is 2.36. The van der Waals surface area contributed by atoms with Gasteiger partial charge in [-0.05, 0) is 31.2 Å². The van der Waals surface area contributed by atoms with Crippen molar-refractivity contribution < 1.29 is 21.4 Å². The fraction of sp³-hybridized carbons (Fsp3) is 0.125. The maximum Gasteiger partial charge on any atom is 0.304 e. The van der Waals surface area contributed by atoms with E-state index in [1.54, 1.807) is 42.6 Å². The molecule has 0 aliphatic heterocycles. The summed E-state index contributed by atoms with van der Waals surface area (Å²) in [6, 6.07) is 12.7. The molecule has 0 aliphatic rings. The van der Waals surface area contributed by atoms with Gasteiger partial charge in [-0.15, -0.1) is 0 Å². The van der Waals surface area contributed by atoms with Crippen LogP contribution in [0.25, 0.3) is 10.9 Å². The van der Waals surface area contributed by atoms with E-state index in [0.29, 0.717) is 15.9 Å². The van der Waals surface area contributed by atoms with Crippen LogP contribution in [0.1, 0.15) is 6.92 Å². The van der Waals surface area contributed by atoms with Gasteiger partial charge in [-0.1, -0.05) is 35.9 Å². The average molecular weight is 415 g/mol. The SMILES string of the molecule is CC(OS(=O)O)N(c1cccc2[nH]cc(Cl)c12)S(=O)(=O)c1ccccc1. The van der Waals surface area contributed by atoms with E-state index in [1.165, 1.54) is 19.1 Å². The molecular formula is C16H15ClN2O5S2. The van der Waals surface area contributed by atoms with Crippen LogP contribution in [0.5, 0.6) is 0 Å². The van der Waals surface area contributed by atoms with E-state index in [-0.39, 0.29) is 10.6 Å². The van der Waals surface area contributed by atoms with Crippen LogP contribution >= 0.6 is 11.6 Å². The fourth-order valence-corrected chi connectivity index (χ4v) is 4.90. The number of H-pyrrole nitrogens is 1. The molecule has 26 heavy (non-hydrogen) atoms. The molecule has 0 fully saturated rings. The third-order valence-electron chi connectivity index (χ3n) is 3.72. The lowest BCUT2D eigenvalue weighted by Gasteiger charge is -2.29. The number of sulfonamides is 1. The minimum Gasteiger partial charge on any atom is -0.360 e. The fourth-order valence-electron chi connectivity index (χ4n) is 2.69. The first kappa shape index (κ1) is 18.9. The van der Waals surface area contributed by atoms with Gasteiger partial charge in [0.05, 0.1) is 15.6 Å². The number of benzene rings is 2. The number of nitrogens with zero attached hydrogens (tertiary/aromatic N) is 1. The number of fused-ring (bicyclic) bond motifs is 1. The average Bonchev–Trinajstić information content (AvgIpc) is 2.97. The van der Waals surface area contributed by atoms with Crippen LogP contribution in [0, 0.1) is 0 Å². The Morgan fingerprint density at radius 1 is 1.19 bits per heavy atom. The summed E-state index contributed by atoms with van der Waals surface area (Å²) < 4.78 is 52.5. The highest BCUT2D eigenvalue weighted by atomic mass is 35.5. The highest BCUT2D eigenvalue weighted by Gasteiger charge is 2.33. The first-order valence-corrected chi connectivity index (χ1v) is 10.3. The van der Waals surface area contributed by atoms with Crippen molar-refractivity contribution in [1.82, 2.24) is 4.98 Å². The highest BCUT2D eigenvalue weighted by molar-refractivity contribution is 7.93. The standard InChI is InChI=1S/C16H15ClN2O5S2/c1-11(24-25(20)21)19(26(22,23)12-6-3-2-4-7-12)15-9-5-8-14-16(15)13(17)10-18-14/h2-11,18H,1H3,(H,20,21). The third kappa shape index (κ3) is 3.49. The summed E-state index contributed by atoms with van der Waals surface area (Å²) >= 11 is 3.57. The molecular weight excluding hydrogens is 400 g/mol. The van der Waals surface area contributed by atoms with Crippen LogP contribution in [0.3, 0.4) is 0 Å². The molecule has 2 aromatic carbocycles. The van der Waals surface area contributed by atoms with Gasteiger partial charge in [0.25, 0.3) is 10.0 Å². The molecule has 10 heteroatoms. The molecule has 3 aromatic rings. The van der Waals surface area contributed by atoms with Gasteiger partial charge >= 0.3 is 11.4 Å². The summed E-state index contributed by atoms with van der Waals surface area (Å²) in [6.07, 6.45) is 0.279. The Labute approximate surface area is 158 Å². The molecule has 3 rings (SSSR count). The molecule has 0 spiro atoms. The van der Waals surface area contributed by atoms with Crippen molar-refractivity contribution in [2.24, 2.45) is 0 Å². The second-order valence-corrected chi connectivity index (χ2v) is 8.21. The maximum atomic E-state index is 13.2. The molecule has 2 atom stereocenters. The van der Waals surface area contributed by atoms with Crippen molar-refractivity contribution in [1.29, 1.82) is 0 Å². The molecule has 2 unspecified atom stereocenters. The van der Waals surface area contributed by atoms with Gasteiger partial charge in [0.1, 0.15) is 0 Å². The number of hydrogen-bond donors (Lipinski definition) is 2. The maximum absolute atomic E-state index is 13.2. The first-order chi connectivity index (χ1) is 12.3. The molecule has 1 heterocycles. The Kier molecular flexibility index (Phi) is 5.35. The molecule has 0 saturated carbocycles. The van der Waals surface area contributed by atoms with E-state index < -0.39 is 27.6 Å². The zero-order valence-electron chi connectivity index (χ0n) is 13.5. The normalized spacial score (nSPS) is 14.3. The minimum absolute atomic E-state index is 0.0165. The van der Waals surface area contributed by atoms with E-state index in [9.17, 15) is 12.6 Å². The number of aromatic amines is 1. The van der Waals surface area contributed by atoms with Crippen molar-refractivity contribution in [3.63, 3.8) is 0 Å². The van der Waals surface area contributed by atoms with Crippen molar-refractivity contribution in [3.05, 3.63) is 59.8 Å². The van der Waals surface area contributed by atoms with Crippen LogP contribution in [-0.2, 0) is 25.6 Å². The largest absolute Gasteiger partial charge is 0.360 e. The summed E-state index contributed by atoms with van der Waals surface area (Å²) in [5.41, 5.74) is 0.855. The smallest absolute Gasteiger partial charge is 0.304 e. The summed E-state index contributed by atoms with van der Waals surface area (Å²) in [5, 5.41) is 0.786. The van der Waals surface area contributed by atoms with Crippen LogP contribution < -0.4 is 4.31 Å². The van der Waals surface area contributed by atoms with Crippen LogP contribution in [0.2, 0.25) is 5.02 Å². The Bertz CT molecular complexity index is 1050. The minimum atomic E-state index is -4.09. The molecule has 1 aromatic heterocycles. The van der Waals surface area contributed by atoms with Gasteiger partial charge in [0.15, 0.2) is 6.23 Å². The quantitative estimate of drug-likeness (QED) is 0.475. The summed E-state index contributed by atoms with van der Waals surface area (Å²) in [5.74, 6) is 0. The molecule has 0 saturated heterocycles. The molecule has 138 valence electrons. The topological polar surface area (TPSA) is 99.7 Å². The summed E-state index contributed by atoms with van der Waals surface area (Å²) in [6.45, 7) is 1.37. The van der Waals surface area contributed by atoms with Crippen molar-refractivity contribution in [2.75, 3.05) is 4.31 Å². The molecule has 0 aliphatic carbocycles. The van der Waals surface area contributed by atoms with Crippen LogP contribution in [-0.4, -0.2) is 28.4 Å². The summed E-state index contributed by atoms with van der Waals surface area (Å²) in [7, 11) is -4.09. The Morgan fingerprint density at radius 2 is 1.88 bits per heavy atom. The van der Waals surface area contributed by atoms with Crippen molar-refractivity contribution in [3.8, 4) is 0 Å². The zero-order valence-corrected chi connectivity index (χ0v) is 15.9. The van der Waals surface area contributed by atoms with E-state index >= 15 is 0 Å². The second kappa shape index (κ2) is 7.37. The van der Waals surface area contributed by atoms with E-state index in [0.717, 1.165) is 4.31 Å². The van der Waals surface area contributed by atoms with Gasteiger partial charge in [-0.2, -0.15) is 4.21 Å². The number of anilines is 1. The first-order valence-electron chi connectivity index (χ1n) is 7.45. The number of aromatic nitrogens is 1. The lowest BCUT2D eigenvalue weighted by Crippen LogP contribution is -2.40. The number of nitrogens with one attached hydrogen (secondary N) is 1. The van der Waals surface area contributed by atoms with Crippen LogP contribution in [0.15, 0.2) is 59.6 Å². The molecule has 0 bridgehead atoms. The Balaban J connectivity index is 2.25.